The van der Waals surface area contributed by atoms with Crippen molar-refractivity contribution in [2.24, 2.45) is 5.92 Å². The first-order valence-electron chi connectivity index (χ1n) is 7.14. The summed E-state index contributed by atoms with van der Waals surface area (Å²) in [5.41, 5.74) is 2.43. The zero-order valence-corrected chi connectivity index (χ0v) is 13.8. The Labute approximate surface area is 136 Å². The third-order valence-corrected chi connectivity index (χ3v) is 6.34. The predicted octanol–water partition coefficient (Wildman–Crippen LogP) is 5.50. The summed E-state index contributed by atoms with van der Waals surface area (Å²) in [5.74, 6) is 0.854. The summed E-state index contributed by atoms with van der Waals surface area (Å²) in [6.45, 7) is 0. The number of aliphatic hydroxyl groups is 1. The maximum Gasteiger partial charge on any atom is 0.0838 e. The van der Waals surface area contributed by atoms with Crippen LogP contribution in [0.15, 0.2) is 58.4 Å². The van der Waals surface area contributed by atoms with Crippen molar-refractivity contribution in [3.63, 3.8) is 0 Å². The molecule has 0 bridgehead atoms. The highest BCUT2D eigenvalue weighted by Gasteiger charge is 2.44. The topological polar surface area (TPSA) is 20.2 Å². The van der Waals surface area contributed by atoms with E-state index in [4.69, 9.17) is 0 Å². The van der Waals surface area contributed by atoms with E-state index in [9.17, 15) is 5.11 Å². The van der Waals surface area contributed by atoms with Gasteiger partial charge < -0.3 is 5.11 Å². The third kappa shape index (κ3) is 2.33. The number of aliphatic hydroxyl groups excluding tert-OH is 1. The summed E-state index contributed by atoms with van der Waals surface area (Å²) in [4.78, 5) is 0. The number of rotatable bonds is 3. The molecule has 3 aromatic rings. The fourth-order valence-electron chi connectivity index (χ4n) is 3.15. The first-order valence-corrected chi connectivity index (χ1v) is 8.81. The van der Waals surface area contributed by atoms with Crippen LogP contribution in [-0.2, 0) is 0 Å². The van der Waals surface area contributed by atoms with E-state index >= 15 is 0 Å². The Hall–Kier alpha value is -1.16. The standard InChI is InChI=1S/C18H15BrOS/c19-16-8-4-7-12-15(10-21-18(12)16)17(20)14-9-13(14)11-5-2-1-3-6-11/h1-8,10,13-14,17,20H,9H2. The molecule has 106 valence electrons. The van der Waals surface area contributed by atoms with E-state index in [1.54, 1.807) is 11.3 Å². The summed E-state index contributed by atoms with van der Waals surface area (Å²) in [6.07, 6.45) is 0.717. The molecule has 4 rings (SSSR count). The van der Waals surface area contributed by atoms with Gasteiger partial charge in [-0.05, 0) is 62.1 Å². The Balaban J connectivity index is 1.64. The van der Waals surface area contributed by atoms with E-state index in [0.717, 1.165) is 16.5 Å². The fourth-order valence-corrected chi connectivity index (χ4v) is 4.80. The Morgan fingerprint density at radius 2 is 1.90 bits per heavy atom. The van der Waals surface area contributed by atoms with E-state index < -0.39 is 0 Å². The molecule has 1 aliphatic rings. The van der Waals surface area contributed by atoms with Gasteiger partial charge in [-0.3, -0.25) is 0 Å². The maximum absolute atomic E-state index is 10.8. The number of hydrogen-bond donors (Lipinski definition) is 1. The molecule has 1 saturated carbocycles. The van der Waals surface area contributed by atoms with Crippen molar-refractivity contribution in [3.8, 4) is 0 Å². The van der Waals surface area contributed by atoms with Crippen LogP contribution in [0.1, 0.15) is 29.6 Å². The molecule has 21 heavy (non-hydrogen) atoms. The van der Waals surface area contributed by atoms with Crippen LogP contribution in [0.4, 0.5) is 0 Å². The summed E-state index contributed by atoms with van der Waals surface area (Å²) >= 11 is 5.29. The average Bonchev–Trinajstić information content (AvgIpc) is 3.20. The molecule has 1 aliphatic carbocycles. The first kappa shape index (κ1) is 13.5. The molecule has 1 N–H and O–H groups in total. The Bertz CT molecular complexity index is 780. The quantitative estimate of drug-likeness (QED) is 0.655. The van der Waals surface area contributed by atoms with Gasteiger partial charge in [-0.15, -0.1) is 11.3 Å². The molecule has 3 atom stereocenters. The van der Waals surface area contributed by atoms with Crippen molar-refractivity contribution in [2.75, 3.05) is 0 Å². The lowest BCUT2D eigenvalue weighted by Gasteiger charge is -2.10. The highest BCUT2D eigenvalue weighted by Crippen LogP contribution is 2.55. The minimum absolute atomic E-state index is 0.351. The SMILES string of the molecule is OC(c1csc2c(Br)cccc12)C1CC1c1ccccc1. The highest BCUT2D eigenvalue weighted by molar-refractivity contribution is 9.10. The Kier molecular flexibility index (Phi) is 3.37. The minimum Gasteiger partial charge on any atom is -0.388 e. The number of halogens is 1. The number of hydrogen-bond acceptors (Lipinski definition) is 2. The fraction of sp³-hybridized carbons (Fsp3) is 0.222. The van der Waals surface area contributed by atoms with E-state index in [2.05, 4.69) is 57.7 Å². The highest BCUT2D eigenvalue weighted by atomic mass is 79.9. The van der Waals surface area contributed by atoms with Gasteiger partial charge in [-0.25, -0.2) is 0 Å². The summed E-state index contributed by atoms with van der Waals surface area (Å²) in [6, 6.07) is 16.7. The van der Waals surface area contributed by atoms with Crippen LogP contribution in [-0.4, -0.2) is 5.11 Å². The van der Waals surface area contributed by atoms with Crippen molar-refractivity contribution in [3.05, 3.63) is 69.5 Å². The molecule has 1 nitrogen and oxygen atoms in total. The second kappa shape index (κ2) is 5.24. The van der Waals surface area contributed by atoms with Crippen LogP contribution in [0, 0.1) is 5.92 Å². The average molecular weight is 359 g/mol. The molecule has 1 heterocycles. The summed E-state index contributed by atoms with van der Waals surface area (Å²) in [7, 11) is 0. The molecular formula is C18H15BrOS. The second-order valence-electron chi connectivity index (χ2n) is 5.67. The van der Waals surface area contributed by atoms with E-state index in [1.807, 2.05) is 12.1 Å². The summed E-state index contributed by atoms with van der Waals surface area (Å²) in [5, 5.41) is 14.1. The Morgan fingerprint density at radius 3 is 2.71 bits per heavy atom. The van der Waals surface area contributed by atoms with Crippen molar-refractivity contribution in [1.82, 2.24) is 0 Å². The van der Waals surface area contributed by atoms with Crippen molar-refractivity contribution in [1.29, 1.82) is 0 Å². The maximum atomic E-state index is 10.8. The molecule has 1 aromatic heterocycles. The van der Waals surface area contributed by atoms with Gasteiger partial charge in [0.05, 0.1) is 6.10 Å². The lowest BCUT2D eigenvalue weighted by molar-refractivity contribution is 0.153. The lowest BCUT2D eigenvalue weighted by Crippen LogP contribution is -2.00. The molecule has 0 radical (unpaired) electrons. The molecule has 0 saturated heterocycles. The molecule has 0 aliphatic heterocycles. The molecule has 0 amide bonds. The monoisotopic (exact) mass is 358 g/mol. The Morgan fingerprint density at radius 1 is 1.10 bits per heavy atom. The van der Waals surface area contributed by atoms with E-state index in [0.29, 0.717) is 11.8 Å². The van der Waals surface area contributed by atoms with Crippen molar-refractivity contribution < 1.29 is 5.11 Å². The third-order valence-electron chi connectivity index (χ3n) is 4.37. The molecular weight excluding hydrogens is 344 g/mol. The molecule has 3 heteroatoms. The van der Waals surface area contributed by atoms with Crippen LogP contribution >= 0.6 is 27.3 Å². The van der Waals surface area contributed by atoms with Crippen LogP contribution in [0.2, 0.25) is 0 Å². The first-order chi connectivity index (χ1) is 10.3. The minimum atomic E-state index is -0.363. The van der Waals surface area contributed by atoms with E-state index in [-0.39, 0.29) is 6.10 Å². The van der Waals surface area contributed by atoms with Crippen molar-refractivity contribution >= 4 is 37.4 Å². The van der Waals surface area contributed by atoms with Gasteiger partial charge in [0.15, 0.2) is 0 Å². The normalized spacial score (nSPS) is 22.4. The molecule has 1 fully saturated rings. The van der Waals surface area contributed by atoms with Gasteiger partial charge in [-0.1, -0.05) is 42.5 Å². The van der Waals surface area contributed by atoms with Crippen LogP contribution < -0.4 is 0 Å². The number of benzene rings is 2. The number of fused-ring (bicyclic) bond motifs is 1. The van der Waals surface area contributed by atoms with Gasteiger partial charge >= 0.3 is 0 Å². The molecule has 2 aromatic carbocycles. The van der Waals surface area contributed by atoms with Crippen molar-refractivity contribution in [2.45, 2.75) is 18.4 Å². The van der Waals surface area contributed by atoms with Gasteiger partial charge in [0.25, 0.3) is 0 Å². The predicted molar refractivity (Wildman–Crippen MR) is 91.8 cm³/mol. The van der Waals surface area contributed by atoms with Gasteiger partial charge in [0, 0.05) is 9.17 Å². The van der Waals surface area contributed by atoms with E-state index in [1.165, 1.54) is 15.6 Å². The van der Waals surface area contributed by atoms with Gasteiger partial charge in [0.1, 0.15) is 0 Å². The molecule has 3 unspecified atom stereocenters. The largest absolute Gasteiger partial charge is 0.388 e. The lowest BCUT2D eigenvalue weighted by atomic mass is 10.0. The zero-order valence-electron chi connectivity index (χ0n) is 11.4. The van der Waals surface area contributed by atoms with Crippen LogP contribution in [0.25, 0.3) is 10.1 Å². The van der Waals surface area contributed by atoms with Crippen LogP contribution in [0.3, 0.4) is 0 Å². The van der Waals surface area contributed by atoms with Crippen LogP contribution in [0.5, 0.6) is 0 Å². The van der Waals surface area contributed by atoms with Gasteiger partial charge in [-0.2, -0.15) is 0 Å². The summed E-state index contributed by atoms with van der Waals surface area (Å²) < 4.78 is 2.34. The second-order valence-corrected chi connectivity index (χ2v) is 7.40. The molecule has 0 spiro atoms. The zero-order chi connectivity index (χ0) is 14.4. The number of thiophene rings is 1. The smallest absolute Gasteiger partial charge is 0.0838 e. The van der Waals surface area contributed by atoms with Gasteiger partial charge in [0.2, 0.25) is 0 Å².